The van der Waals surface area contributed by atoms with E-state index in [0.717, 1.165) is 38.0 Å². The predicted molar refractivity (Wildman–Crippen MR) is 110 cm³/mol. The number of rotatable bonds is 12. The molecule has 6 nitrogen and oxygen atoms in total. The van der Waals surface area contributed by atoms with Crippen molar-refractivity contribution in [1.29, 1.82) is 0 Å². The Labute approximate surface area is 167 Å². The summed E-state index contributed by atoms with van der Waals surface area (Å²) in [5.41, 5.74) is 11.5. The minimum Gasteiger partial charge on any atom is -0.305 e. The van der Waals surface area contributed by atoms with E-state index in [4.69, 9.17) is 4.89 Å². The van der Waals surface area contributed by atoms with Gasteiger partial charge in [-0.2, -0.15) is 4.89 Å². The van der Waals surface area contributed by atoms with Crippen LogP contribution in [0.4, 0.5) is 0 Å². The highest BCUT2D eigenvalue weighted by molar-refractivity contribution is 5.65. The second-order valence-corrected chi connectivity index (χ2v) is 7.06. The number of nitrogens with one attached hydrogen (secondary N) is 2. The van der Waals surface area contributed by atoms with Gasteiger partial charge in [0.15, 0.2) is 0 Å². The first-order valence-electron chi connectivity index (χ1n) is 9.59. The van der Waals surface area contributed by atoms with Crippen molar-refractivity contribution >= 4 is 5.97 Å². The molecule has 2 rings (SSSR count). The Bertz CT molecular complexity index is 717. The van der Waals surface area contributed by atoms with Gasteiger partial charge in [-0.1, -0.05) is 48.5 Å². The Kier molecular flexibility index (Phi) is 9.65. The molecule has 0 spiro atoms. The molecule has 6 heteroatoms. The molecular weight excluding hydrogens is 354 g/mol. The summed E-state index contributed by atoms with van der Waals surface area (Å²) in [5.74, 6) is -0.448. The number of carbonyl (C=O) groups is 1. The Morgan fingerprint density at radius 3 is 2.14 bits per heavy atom. The number of carbonyl (C=O) groups excluding carboxylic acids is 1. The lowest BCUT2D eigenvalue weighted by atomic mass is 10.1. The second-order valence-electron chi connectivity index (χ2n) is 7.06. The first-order valence-corrected chi connectivity index (χ1v) is 9.59. The first-order chi connectivity index (χ1) is 13.5. The molecule has 28 heavy (non-hydrogen) atoms. The van der Waals surface area contributed by atoms with Crippen LogP contribution >= 0.6 is 0 Å². The van der Waals surface area contributed by atoms with Gasteiger partial charge in [0.25, 0.3) is 0 Å². The zero-order valence-electron chi connectivity index (χ0n) is 17.0. The molecule has 0 aliphatic rings. The van der Waals surface area contributed by atoms with Gasteiger partial charge in [0.1, 0.15) is 6.61 Å². The van der Waals surface area contributed by atoms with Crippen LogP contribution in [-0.4, -0.2) is 38.1 Å². The van der Waals surface area contributed by atoms with Crippen LogP contribution in [0.25, 0.3) is 0 Å². The molecule has 2 aromatic carbocycles. The maximum atomic E-state index is 10.7. The quantitative estimate of drug-likeness (QED) is 0.333. The van der Waals surface area contributed by atoms with Gasteiger partial charge in [0, 0.05) is 26.6 Å². The fourth-order valence-corrected chi connectivity index (χ4v) is 2.82. The van der Waals surface area contributed by atoms with Crippen molar-refractivity contribution in [1.82, 2.24) is 15.8 Å². The summed E-state index contributed by atoms with van der Waals surface area (Å²) in [6.45, 7) is 4.28. The Morgan fingerprint density at radius 2 is 1.50 bits per heavy atom. The predicted octanol–water partition coefficient (Wildman–Crippen LogP) is 2.62. The van der Waals surface area contributed by atoms with E-state index in [0.29, 0.717) is 0 Å². The van der Waals surface area contributed by atoms with Crippen molar-refractivity contribution in [2.75, 3.05) is 27.2 Å². The van der Waals surface area contributed by atoms with Gasteiger partial charge in [-0.3, -0.25) is 15.7 Å². The molecule has 0 radical (unpaired) electrons. The summed E-state index contributed by atoms with van der Waals surface area (Å²) >= 11 is 0. The standard InChI is InChI=1S/C22H31N3O3/c1-18(26)28-27-17-21-9-7-19(8-10-21)11-13-23-24-14-12-20-5-4-6-22(15-20)16-25(2)3/h4-10,15,23-24H,11-14,16-17H2,1-3H3. The van der Waals surface area contributed by atoms with Crippen LogP contribution in [0.3, 0.4) is 0 Å². The highest BCUT2D eigenvalue weighted by Crippen LogP contribution is 2.08. The van der Waals surface area contributed by atoms with Gasteiger partial charge in [0.05, 0.1) is 0 Å². The molecule has 0 aliphatic carbocycles. The molecule has 0 bridgehead atoms. The van der Waals surface area contributed by atoms with Crippen LogP contribution in [0.15, 0.2) is 48.5 Å². The van der Waals surface area contributed by atoms with Gasteiger partial charge >= 0.3 is 5.97 Å². The third kappa shape index (κ3) is 9.10. The molecule has 0 aromatic heterocycles. The summed E-state index contributed by atoms with van der Waals surface area (Å²) in [7, 11) is 4.17. The van der Waals surface area contributed by atoms with Gasteiger partial charge < -0.3 is 4.90 Å². The topological polar surface area (TPSA) is 62.8 Å². The number of nitrogens with zero attached hydrogens (tertiary/aromatic N) is 1. The molecule has 152 valence electrons. The molecule has 0 saturated heterocycles. The Hall–Kier alpha value is -2.25. The van der Waals surface area contributed by atoms with Crippen LogP contribution in [0.1, 0.15) is 29.2 Å². The van der Waals surface area contributed by atoms with E-state index in [-0.39, 0.29) is 6.61 Å². The summed E-state index contributed by atoms with van der Waals surface area (Å²) in [5, 5.41) is 0. The molecular formula is C22H31N3O3. The summed E-state index contributed by atoms with van der Waals surface area (Å²) in [4.78, 5) is 22.1. The van der Waals surface area contributed by atoms with Gasteiger partial charge in [-0.25, -0.2) is 4.79 Å². The summed E-state index contributed by atoms with van der Waals surface area (Å²) in [6.07, 6.45) is 1.92. The molecule has 0 saturated carbocycles. The smallest absolute Gasteiger partial charge is 0.305 e. The maximum absolute atomic E-state index is 10.7. The summed E-state index contributed by atoms with van der Waals surface area (Å²) < 4.78 is 0. The van der Waals surface area contributed by atoms with E-state index in [2.05, 4.69) is 71.1 Å². The van der Waals surface area contributed by atoms with Crippen LogP contribution in [0.2, 0.25) is 0 Å². The van der Waals surface area contributed by atoms with E-state index < -0.39 is 5.97 Å². The van der Waals surface area contributed by atoms with Crippen molar-refractivity contribution < 1.29 is 14.6 Å². The number of benzene rings is 2. The van der Waals surface area contributed by atoms with Crippen LogP contribution in [-0.2, 0) is 40.6 Å². The lowest BCUT2D eigenvalue weighted by Gasteiger charge is -2.11. The van der Waals surface area contributed by atoms with E-state index in [1.807, 2.05) is 12.1 Å². The molecule has 0 unspecified atom stereocenters. The Balaban J connectivity index is 1.59. The zero-order chi connectivity index (χ0) is 20.2. The van der Waals surface area contributed by atoms with Crippen molar-refractivity contribution in [3.8, 4) is 0 Å². The number of hydrogen-bond donors (Lipinski definition) is 2. The van der Waals surface area contributed by atoms with E-state index in [9.17, 15) is 4.79 Å². The van der Waals surface area contributed by atoms with Crippen molar-refractivity contribution in [3.05, 3.63) is 70.8 Å². The third-order valence-electron chi connectivity index (χ3n) is 4.12. The van der Waals surface area contributed by atoms with E-state index >= 15 is 0 Å². The van der Waals surface area contributed by atoms with Crippen molar-refractivity contribution in [2.24, 2.45) is 0 Å². The molecule has 0 fully saturated rings. The Morgan fingerprint density at radius 1 is 0.893 bits per heavy atom. The van der Waals surface area contributed by atoms with Gasteiger partial charge in [-0.15, -0.1) is 0 Å². The van der Waals surface area contributed by atoms with Gasteiger partial charge in [0.2, 0.25) is 0 Å². The highest BCUT2D eigenvalue weighted by Gasteiger charge is 2.00. The monoisotopic (exact) mass is 385 g/mol. The molecule has 2 aromatic rings. The summed E-state index contributed by atoms with van der Waals surface area (Å²) in [6, 6.07) is 16.8. The second kappa shape index (κ2) is 12.3. The van der Waals surface area contributed by atoms with Crippen LogP contribution in [0.5, 0.6) is 0 Å². The lowest BCUT2D eigenvalue weighted by molar-refractivity contribution is -0.277. The average molecular weight is 386 g/mol. The fourth-order valence-electron chi connectivity index (χ4n) is 2.82. The van der Waals surface area contributed by atoms with Gasteiger partial charge in [-0.05, 0) is 49.2 Å². The maximum Gasteiger partial charge on any atom is 0.339 e. The molecule has 0 aliphatic heterocycles. The molecule has 0 heterocycles. The number of hydrogen-bond acceptors (Lipinski definition) is 6. The average Bonchev–Trinajstić information content (AvgIpc) is 2.65. The van der Waals surface area contributed by atoms with E-state index in [1.165, 1.54) is 23.6 Å². The molecule has 2 N–H and O–H groups in total. The third-order valence-corrected chi connectivity index (χ3v) is 4.12. The largest absolute Gasteiger partial charge is 0.339 e. The first kappa shape index (κ1) is 22.0. The van der Waals surface area contributed by atoms with Crippen LogP contribution in [0, 0.1) is 0 Å². The minimum absolute atomic E-state index is 0.259. The van der Waals surface area contributed by atoms with E-state index in [1.54, 1.807) is 0 Å². The molecule has 0 amide bonds. The van der Waals surface area contributed by atoms with Crippen molar-refractivity contribution in [2.45, 2.75) is 32.9 Å². The SMILES string of the molecule is CC(=O)OOCc1ccc(CCNNCCc2cccc(CN(C)C)c2)cc1. The minimum atomic E-state index is -0.448. The lowest BCUT2D eigenvalue weighted by Crippen LogP contribution is -2.34. The number of hydrazine groups is 1. The highest BCUT2D eigenvalue weighted by atomic mass is 17.2. The normalized spacial score (nSPS) is 11.0. The molecule has 0 atom stereocenters. The van der Waals surface area contributed by atoms with Crippen LogP contribution < -0.4 is 10.9 Å². The fraction of sp³-hybridized carbons (Fsp3) is 0.409. The van der Waals surface area contributed by atoms with Crippen molar-refractivity contribution in [3.63, 3.8) is 0 Å². The zero-order valence-corrected chi connectivity index (χ0v) is 17.0.